The van der Waals surface area contributed by atoms with Crippen molar-refractivity contribution >= 4 is 33.3 Å². The zero-order valence-electron chi connectivity index (χ0n) is 11.3. The van der Waals surface area contributed by atoms with Crippen LogP contribution in [0.2, 0.25) is 5.02 Å². The van der Waals surface area contributed by atoms with E-state index >= 15 is 0 Å². The van der Waals surface area contributed by atoms with Crippen molar-refractivity contribution in [1.82, 2.24) is 0 Å². The fraction of sp³-hybridized carbons (Fsp3) is 0.235. The Hall–Kier alpha value is -1.12. The van der Waals surface area contributed by atoms with E-state index in [1.165, 1.54) is 0 Å². The molecule has 0 N–H and O–H groups in total. The Labute approximate surface area is 133 Å². The first-order valence-electron chi connectivity index (χ1n) is 6.67. The maximum absolute atomic E-state index is 12.7. The van der Waals surface area contributed by atoms with Crippen molar-refractivity contribution in [2.45, 2.75) is 25.7 Å². The summed E-state index contributed by atoms with van der Waals surface area (Å²) in [5, 5.41) is 0.650. The lowest BCUT2D eigenvalue weighted by Gasteiger charge is -2.16. The van der Waals surface area contributed by atoms with Gasteiger partial charge >= 0.3 is 0 Å². The van der Waals surface area contributed by atoms with Crippen LogP contribution in [0.3, 0.4) is 0 Å². The van der Waals surface area contributed by atoms with Crippen LogP contribution in [0.1, 0.15) is 41.6 Å². The number of carbonyl (C=O) groups excluding carboxylic acids is 1. The predicted octanol–water partition coefficient (Wildman–Crippen LogP) is 5.87. The zero-order chi connectivity index (χ0) is 14.5. The van der Waals surface area contributed by atoms with Crippen molar-refractivity contribution in [2.75, 3.05) is 0 Å². The lowest BCUT2D eigenvalue weighted by molar-refractivity contribution is 0.0954. The topological polar surface area (TPSA) is 17.1 Å². The lowest BCUT2D eigenvalue weighted by atomic mass is 9.87. The number of benzene rings is 2. The molecule has 0 saturated heterocycles. The summed E-state index contributed by atoms with van der Waals surface area (Å²) < 4.78 is 1.02. The van der Waals surface area contributed by atoms with Gasteiger partial charge in [0.1, 0.15) is 0 Å². The standard InChI is InChI=1S/C17H16BrClO/c1-2-3-16(12-4-8-14(18)9-5-12)17(20)13-6-10-15(19)11-7-13/h4-11,16H,2-3H2,1H3. The van der Waals surface area contributed by atoms with Gasteiger partial charge in [-0.25, -0.2) is 0 Å². The minimum absolute atomic E-state index is 0.0886. The molecule has 104 valence electrons. The van der Waals surface area contributed by atoms with Gasteiger partial charge in [-0.3, -0.25) is 4.79 Å². The van der Waals surface area contributed by atoms with Gasteiger partial charge in [0, 0.05) is 21.0 Å². The molecule has 2 rings (SSSR count). The third-order valence-corrected chi connectivity index (χ3v) is 4.08. The summed E-state index contributed by atoms with van der Waals surface area (Å²) >= 11 is 9.30. The van der Waals surface area contributed by atoms with Gasteiger partial charge in [0.2, 0.25) is 0 Å². The number of rotatable bonds is 5. The highest BCUT2D eigenvalue weighted by Crippen LogP contribution is 2.27. The number of hydrogen-bond acceptors (Lipinski definition) is 1. The Balaban J connectivity index is 2.30. The average molecular weight is 352 g/mol. The fourth-order valence-electron chi connectivity index (χ4n) is 2.25. The number of ketones is 1. The van der Waals surface area contributed by atoms with Gasteiger partial charge in [-0.05, 0) is 48.4 Å². The molecule has 0 heterocycles. The van der Waals surface area contributed by atoms with Gasteiger partial charge in [-0.1, -0.05) is 53.0 Å². The molecule has 0 saturated carbocycles. The first-order valence-corrected chi connectivity index (χ1v) is 7.84. The normalized spacial score (nSPS) is 12.2. The first-order chi connectivity index (χ1) is 9.61. The molecule has 0 amide bonds. The van der Waals surface area contributed by atoms with E-state index in [1.807, 2.05) is 24.3 Å². The summed E-state index contributed by atoms with van der Waals surface area (Å²) in [4.78, 5) is 12.7. The second-order valence-corrected chi connectivity index (χ2v) is 6.12. The first kappa shape index (κ1) is 15.3. The van der Waals surface area contributed by atoms with Crippen LogP contribution in [0.15, 0.2) is 53.0 Å². The Morgan fingerprint density at radius 1 is 1.10 bits per heavy atom. The van der Waals surface area contributed by atoms with E-state index in [-0.39, 0.29) is 11.7 Å². The van der Waals surface area contributed by atoms with E-state index in [2.05, 4.69) is 22.9 Å². The smallest absolute Gasteiger partial charge is 0.170 e. The van der Waals surface area contributed by atoms with Gasteiger partial charge < -0.3 is 0 Å². The summed E-state index contributed by atoms with van der Waals surface area (Å²) in [5.74, 6) is 0.0696. The molecular formula is C17H16BrClO. The monoisotopic (exact) mass is 350 g/mol. The van der Waals surface area contributed by atoms with Gasteiger partial charge in [0.25, 0.3) is 0 Å². The minimum Gasteiger partial charge on any atom is -0.293 e. The fourth-order valence-corrected chi connectivity index (χ4v) is 2.64. The SMILES string of the molecule is CCCC(C(=O)c1ccc(Cl)cc1)c1ccc(Br)cc1. The second-order valence-electron chi connectivity index (χ2n) is 4.76. The van der Waals surface area contributed by atoms with Crippen LogP contribution in [0.25, 0.3) is 0 Å². The summed E-state index contributed by atoms with van der Waals surface area (Å²) in [6.07, 6.45) is 1.82. The highest BCUT2D eigenvalue weighted by molar-refractivity contribution is 9.10. The van der Waals surface area contributed by atoms with Gasteiger partial charge in [-0.2, -0.15) is 0 Å². The molecule has 0 fully saturated rings. The van der Waals surface area contributed by atoms with E-state index < -0.39 is 0 Å². The summed E-state index contributed by atoms with van der Waals surface area (Å²) in [7, 11) is 0. The van der Waals surface area contributed by atoms with Crippen LogP contribution in [0.5, 0.6) is 0 Å². The van der Waals surface area contributed by atoms with Gasteiger partial charge in [0.15, 0.2) is 5.78 Å². The lowest BCUT2D eigenvalue weighted by Crippen LogP contribution is -2.13. The number of halogens is 2. The summed E-state index contributed by atoms with van der Waals surface area (Å²) in [5.41, 5.74) is 1.78. The molecule has 1 nitrogen and oxygen atoms in total. The van der Waals surface area contributed by atoms with Crippen LogP contribution in [-0.2, 0) is 0 Å². The molecule has 0 radical (unpaired) electrons. The van der Waals surface area contributed by atoms with Crippen molar-refractivity contribution in [3.05, 3.63) is 69.2 Å². The number of hydrogen-bond donors (Lipinski definition) is 0. The van der Waals surface area contributed by atoms with Crippen LogP contribution in [-0.4, -0.2) is 5.78 Å². The Bertz CT molecular complexity index is 575. The van der Waals surface area contributed by atoms with Crippen LogP contribution in [0, 0.1) is 0 Å². The average Bonchev–Trinajstić information content (AvgIpc) is 2.46. The molecule has 20 heavy (non-hydrogen) atoms. The molecule has 3 heteroatoms. The zero-order valence-corrected chi connectivity index (χ0v) is 13.6. The van der Waals surface area contributed by atoms with Gasteiger partial charge in [0.05, 0.1) is 0 Å². The predicted molar refractivity (Wildman–Crippen MR) is 87.6 cm³/mol. The maximum atomic E-state index is 12.7. The van der Waals surface area contributed by atoms with Crippen molar-refractivity contribution in [2.24, 2.45) is 0 Å². The third kappa shape index (κ3) is 3.71. The van der Waals surface area contributed by atoms with E-state index in [0.29, 0.717) is 5.02 Å². The van der Waals surface area contributed by atoms with Gasteiger partial charge in [-0.15, -0.1) is 0 Å². The van der Waals surface area contributed by atoms with E-state index in [1.54, 1.807) is 24.3 Å². The molecular weight excluding hydrogens is 336 g/mol. The molecule has 0 spiro atoms. The van der Waals surface area contributed by atoms with Crippen LogP contribution < -0.4 is 0 Å². The molecule has 2 aromatic rings. The minimum atomic E-state index is -0.0886. The summed E-state index contributed by atoms with van der Waals surface area (Å²) in [6, 6.07) is 15.1. The number of carbonyl (C=O) groups is 1. The van der Waals surface area contributed by atoms with Crippen molar-refractivity contribution < 1.29 is 4.79 Å². The van der Waals surface area contributed by atoms with Crippen LogP contribution >= 0.6 is 27.5 Å². The largest absolute Gasteiger partial charge is 0.293 e. The van der Waals surface area contributed by atoms with Crippen molar-refractivity contribution in [1.29, 1.82) is 0 Å². The van der Waals surface area contributed by atoms with E-state index in [0.717, 1.165) is 28.4 Å². The molecule has 0 bridgehead atoms. The Morgan fingerprint density at radius 2 is 1.70 bits per heavy atom. The van der Waals surface area contributed by atoms with Crippen LogP contribution in [0.4, 0.5) is 0 Å². The molecule has 1 unspecified atom stereocenters. The Kier molecular flexibility index (Phi) is 5.38. The second kappa shape index (κ2) is 7.05. The molecule has 1 atom stereocenters. The highest BCUT2D eigenvalue weighted by Gasteiger charge is 2.21. The van der Waals surface area contributed by atoms with E-state index in [4.69, 9.17) is 11.6 Å². The third-order valence-electron chi connectivity index (χ3n) is 3.29. The molecule has 2 aromatic carbocycles. The van der Waals surface area contributed by atoms with Crippen molar-refractivity contribution in [3.8, 4) is 0 Å². The number of Topliss-reactive ketones (excluding diaryl/α,β-unsaturated/α-hetero) is 1. The highest BCUT2D eigenvalue weighted by atomic mass is 79.9. The quantitative estimate of drug-likeness (QED) is 0.616. The molecule has 0 aromatic heterocycles. The van der Waals surface area contributed by atoms with E-state index in [9.17, 15) is 4.79 Å². The molecule has 0 aliphatic heterocycles. The molecule has 0 aliphatic rings. The summed E-state index contributed by atoms with van der Waals surface area (Å²) in [6.45, 7) is 2.10. The molecule has 0 aliphatic carbocycles. The van der Waals surface area contributed by atoms with Crippen molar-refractivity contribution in [3.63, 3.8) is 0 Å². The maximum Gasteiger partial charge on any atom is 0.170 e. The Morgan fingerprint density at radius 3 is 2.25 bits per heavy atom.